The molecule has 0 aliphatic heterocycles. The van der Waals surface area contributed by atoms with E-state index in [0.717, 1.165) is 11.3 Å². The van der Waals surface area contributed by atoms with Gasteiger partial charge < -0.3 is 24.6 Å². The van der Waals surface area contributed by atoms with Gasteiger partial charge in [0, 0.05) is 64.0 Å². The number of anilines is 1. The summed E-state index contributed by atoms with van der Waals surface area (Å²) >= 11 is 0. The molecule has 2 N–H and O–H groups in total. The topological polar surface area (TPSA) is 111 Å². The number of nitrogens with zero attached hydrogens (tertiary/aromatic N) is 5. The van der Waals surface area contributed by atoms with Gasteiger partial charge in [0.1, 0.15) is 5.69 Å². The number of aromatic nitrogens is 2. The fourth-order valence-electron chi connectivity index (χ4n) is 4.06. The van der Waals surface area contributed by atoms with Crippen molar-refractivity contribution in [2.45, 2.75) is 6.42 Å². The monoisotopic (exact) mass is 499 g/mol. The number of pyridine rings is 1. The average molecular weight is 500 g/mol. The van der Waals surface area contributed by atoms with Crippen molar-refractivity contribution in [3.05, 3.63) is 83.7 Å². The van der Waals surface area contributed by atoms with Crippen LogP contribution in [0.25, 0.3) is 10.9 Å². The van der Waals surface area contributed by atoms with Gasteiger partial charge >= 0.3 is 5.97 Å². The molecule has 4 rings (SSSR count). The number of carbonyl (C=O) groups is 2. The lowest BCUT2D eigenvalue weighted by Crippen LogP contribution is -2.27. The Morgan fingerprint density at radius 2 is 1.70 bits per heavy atom. The van der Waals surface area contributed by atoms with E-state index in [1.807, 2.05) is 66.5 Å². The highest BCUT2D eigenvalue weighted by Gasteiger charge is 2.22. The summed E-state index contributed by atoms with van der Waals surface area (Å²) in [7, 11) is 7.09. The Hall–Kier alpha value is -4.66. The number of hydrogen-bond donors (Lipinski definition) is 2. The molecule has 0 saturated carbocycles. The van der Waals surface area contributed by atoms with Crippen LogP contribution in [0.4, 0.5) is 11.4 Å². The normalized spacial score (nSPS) is 11.5. The first-order chi connectivity index (χ1) is 17.7. The van der Waals surface area contributed by atoms with Crippen LogP contribution in [-0.2, 0) is 11.8 Å². The Balaban J connectivity index is 1.75. The molecule has 9 nitrogen and oxygen atoms in total. The van der Waals surface area contributed by atoms with Crippen LogP contribution in [-0.4, -0.2) is 69.9 Å². The second kappa shape index (κ2) is 10.5. The number of rotatable bonds is 8. The zero-order chi connectivity index (χ0) is 26.7. The third-order valence-electron chi connectivity index (χ3n) is 6.25. The molecule has 9 heteroatoms. The first kappa shape index (κ1) is 25.4. The molecule has 0 saturated heterocycles. The lowest BCUT2D eigenvalue weighted by atomic mass is 10.0. The quantitative estimate of drug-likeness (QED) is 0.354. The molecule has 0 aliphatic carbocycles. The average Bonchev–Trinajstić information content (AvgIpc) is 3.15. The predicted molar refractivity (Wildman–Crippen MR) is 144 cm³/mol. The molecule has 4 aromatic rings. The van der Waals surface area contributed by atoms with E-state index in [0.29, 0.717) is 40.8 Å². The summed E-state index contributed by atoms with van der Waals surface area (Å²) in [5, 5.41) is 21.0. The highest BCUT2D eigenvalue weighted by molar-refractivity contribution is 6.22. The first-order valence-electron chi connectivity index (χ1n) is 11.7. The van der Waals surface area contributed by atoms with E-state index in [-0.39, 0.29) is 17.5 Å². The number of aryl methyl sites for hydroxylation is 1. The Morgan fingerprint density at radius 3 is 2.32 bits per heavy atom. The SMILES string of the molecule is CN(C)C(=O)CCN(C)c1ccc(N=C(c2ccccc2)c2c(O)n(C)c3cc(C(=O)O)ncc23)cc1. The Morgan fingerprint density at radius 1 is 1.03 bits per heavy atom. The standard InChI is InChI=1S/C28H29N5O4/c1-31(2)24(34)14-15-32(3)20-12-10-19(11-13-20)30-26(18-8-6-5-7-9-18)25-21-17-29-22(28(36)37)16-23(21)33(4)27(25)35/h5-13,16-17,35H,14-15H2,1-4H3,(H,36,37). The number of carboxylic acids is 1. The highest BCUT2D eigenvalue weighted by Crippen LogP contribution is 2.34. The molecule has 37 heavy (non-hydrogen) atoms. The number of aromatic hydroxyl groups is 1. The summed E-state index contributed by atoms with van der Waals surface area (Å²) in [6, 6.07) is 18.6. The van der Waals surface area contributed by atoms with E-state index >= 15 is 0 Å². The Bertz CT molecular complexity index is 1470. The zero-order valence-electron chi connectivity index (χ0n) is 21.2. The van der Waals surface area contributed by atoms with Gasteiger partial charge in [0.05, 0.1) is 22.5 Å². The maximum Gasteiger partial charge on any atom is 0.354 e. The van der Waals surface area contributed by atoms with Crippen molar-refractivity contribution >= 4 is 39.9 Å². The summed E-state index contributed by atoms with van der Waals surface area (Å²) in [4.78, 5) is 35.9. The van der Waals surface area contributed by atoms with Gasteiger partial charge in [0.25, 0.3) is 0 Å². The van der Waals surface area contributed by atoms with E-state index in [4.69, 9.17) is 4.99 Å². The van der Waals surface area contributed by atoms with E-state index in [1.165, 1.54) is 16.8 Å². The first-order valence-corrected chi connectivity index (χ1v) is 11.7. The number of fused-ring (bicyclic) bond motifs is 1. The molecular formula is C28H29N5O4. The molecule has 0 aliphatic rings. The maximum atomic E-state index is 11.9. The van der Waals surface area contributed by atoms with Gasteiger partial charge in [0.2, 0.25) is 11.8 Å². The molecule has 2 aromatic heterocycles. The molecule has 1 amide bonds. The number of carbonyl (C=O) groups excluding carboxylic acids is 1. The molecule has 0 spiro atoms. The van der Waals surface area contributed by atoms with Crippen molar-refractivity contribution in [3.63, 3.8) is 0 Å². The molecule has 0 radical (unpaired) electrons. The van der Waals surface area contributed by atoms with Crippen molar-refractivity contribution in [1.29, 1.82) is 0 Å². The lowest BCUT2D eigenvalue weighted by molar-refractivity contribution is -0.128. The second-order valence-electron chi connectivity index (χ2n) is 8.95. The third kappa shape index (κ3) is 5.30. The van der Waals surface area contributed by atoms with Crippen molar-refractivity contribution in [1.82, 2.24) is 14.5 Å². The van der Waals surface area contributed by atoms with Crippen molar-refractivity contribution < 1.29 is 19.8 Å². The number of aromatic carboxylic acids is 1. The minimum atomic E-state index is -1.14. The molecule has 0 fully saturated rings. The minimum Gasteiger partial charge on any atom is -0.494 e. The lowest BCUT2D eigenvalue weighted by Gasteiger charge is -2.20. The molecule has 0 bridgehead atoms. The van der Waals surface area contributed by atoms with Crippen molar-refractivity contribution in [2.75, 3.05) is 32.6 Å². The Kier molecular flexibility index (Phi) is 7.24. The molecular weight excluding hydrogens is 470 g/mol. The largest absolute Gasteiger partial charge is 0.494 e. The summed E-state index contributed by atoms with van der Waals surface area (Å²) in [5.41, 5.74) is 3.84. The number of benzene rings is 2. The number of hydrogen-bond acceptors (Lipinski definition) is 6. The Labute approximate surface area is 214 Å². The molecule has 190 valence electrons. The van der Waals surface area contributed by atoms with Gasteiger partial charge in [-0.2, -0.15) is 0 Å². The van der Waals surface area contributed by atoms with E-state index in [1.54, 1.807) is 26.0 Å². The predicted octanol–water partition coefficient (Wildman–Crippen LogP) is 4.06. The van der Waals surface area contributed by atoms with Crippen LogP contribution in [0.2, 0.25) is 0 Å². The maximum absolute atomic E-state index is 11.9. The van der Waals surface area contributed by atoms with E-state index in [2.05, 4.69) is 4.98 Å². The fraction of sp³-hybridized carbons (Fsp3) is 0.214. The van der Waals surface area contributed by atoms with Crippen LogP contribution in [0.5, 0.6) is 5.88 Å². The van der Waals surface area contributed by atoms with Gasteiger partial charge in [-0.3, -0.25) is 4.79 Å². The van der Waals surface area contributed by atoms with Crippen LogP contribution >= 0.6 is 0 Å². The van der Waals surface area contributed by atoms with Crippen LogP contribution in [0.1, 0.15) is 28.0 Å². The second-order valence-corrected chi connectivity index (χ2v) is 8.95. The van der Waals surface area contributed by atoms with Crippen LogP contribution in [0.15, 0.2) is 71.9 Å². The van der Waals surface area contributed by atoms with Crippen LogP contribution in [0, 0.1) is 0 Å². The minimum absolute atomic E-state index is 0.0381. The number of carboxylic acid groups (broad SMARTS) is 1. The van der Waals surface area contributed by atoms with Gasteiger partial charge in [-0.25, -0.2) is 14.8 Å². The highest BCUT2D eigenvalue weighted by atomic mass is 16.4. The molecule has 0 unspecified atom stereocenters. The number of amides is 1. The van der Waals surface area contributed by atoms with Gasteiger partial charge in [-0.15, -0.1) is 0 Å². The number of aliphatic imine (C=N–C) groups is 1. The van der Waals surface area contributed by atoms with Gasteiger partial charge in [-0.1, -0.05) is 30.3 Å². The summed E-state index contributed by atoms with van der Waals surface area (Å²) in [6.45, 7) is 0.587. The summed E-state index contributed by atoms with van der Waals surface area (Å²) < 4.78 is 1.53. The van der Waals surface area contributed by atoms with E-state index in [9.17, 15) is 19.8 Å². The van der Waals surface area contributed by atoms with E-state index < -0.39 is 5.97 Å². The van der Waals surface area contributed by atoms with Crippen molar-refractivity contribution in [2.24, 2.45) is 12.0 Å². The fourth-order valence-corrected chi connectivity index (χ4v) is 4.06. The molecule has 0 atom stereocenters. The zero-order valence-corrected chi connectivity index (χ0v) is 21.2. The third-order valence-corrected chi connectivity index (χ3v) is 6.25. The van der Waals surface area contributed by atoms with Crippen LogP contribution in [0.3, 0.4) is 0 Å². The smallest absolute Gasteiger partial charge is 0.354 e. The molecule has 2 aromatic carbocycles. The summed E-state index contributed by atoms with van der Waals surface area (Å²) in [6.07, 6.45) is 1.87. The van der Waals surface area contributed by atoms with Crippen LogP contribution < -0.4 is 4.90 Å². The molecule has 2 heterocycles. The summed E-state index contributed by atoms with van der Waals surface area (Å²) in [5.74, 6) is -1.11. The van der Waals surface area contributed by atoms with Gasteiger partial charge in [-0.05, 0) is 30.3 Å². The van der Waals surface area contributed by atoms with Gasteiger partial charge in [0.15, 0.2) is 0 Å². The van der Waals surface area contributed by atoms with Crippen molar-refractivity contribution in [3.8, 4) is 5.88 Å².